The van der Waals surface area contributed by atoms with Crippen molar-refractivity contribution in [3.63, 3.8) is 0 Å². The molecule has 0 spiro atoms. The third kappa shape index (κ3) is 5.64. The van der Waals surface area contributed by atoms with Crippen LogP contribution in [0.5, 0.6) is 5.75 Å². The summed E-state index contributed by atoms with van der Waals surface area (Å²) in [5.74, 6) is 0.824. The van der Waals surface area contributed by atoms with E-state index < -0.39 is 0 Å². The molecule has 2 rings (SSSR count). The maximum Gasteiger partial charge on any atom is 0.187 e. The van der Waals surface area contributed by atoms with Crippen LogP contribution >= 0.6 is 20.2 Å². The van der Waals surface area contributed by atoms with E-state index >= 15 is 0 Å². The van der Waals surface area contributed by atoms with Crippen molar-refractivity contribution >= 4 is 49.9 Å². The molecule has 0 amide bonds. The Morgan fingerprint density at radius 3 is 2.29 bits per heavy atom. The number of carbonyl (C=O) groups excluding carboxylic acids is 1. The number of hydrogen-bond acceptors (Lipinski definition) is 2. The number of carbonyl (C=O) groups is 1. The van der Waals surface area contributed by atoms with Gasteiger partial charge in [-0.25, -0.2) is 0 Å². The average molecular weight is 356 g/mol. The van der Waals surface area contributed by atoms with Crippen molar-refractivity contribution in [3.05, 3.63) is 58.1 Å². The average Bonchev–Trinajstić information content (AvgIpc) is 2.40. The molecule has 2 aromatic carbocycles. The summed E-state index contributed by atoms with van der Waals surface area (Å²) in [6.07, 6.45) is 0. The summed E-state index contributed by atoms with van der Waals surface area (Å²) in [5.41, 5.74) is 2.44. The van der Waals surface area contributed by atoms with Crippen molar-refractivity contribution < 1.29 is 9.53 Å². The Morgan fingerprint density at radius 2 is 1.75 bits per heavy atom. The number of rotatable bonds is 4. The molecule has 1 atom stereocenters. The molecule has 0 heterocycles. The third-order valence-corrected chi connectivity index (χ3v) is 4.94. The van der Waals surface area contributed by atoms with Gasteiger partial charge in [-0.05, 0) is 77.8 Å². The molecule has 1 unspecified atom stereocenters. The summed E-state index contributed by atoms with van der Waals surface area (Å²) in [4.78, 5) is 12.6. The van der Waals surface area contributed by atoms with Crippen molar-refractivity contribution in [2.45, 2.75) is 40.2 Å². The van der Waals surface area contributed by atoms with Crippen molar-refractivity contribution in [2.24, 2.45) is 0 Å². The first kappa shape index (κ1) is 21.3. The van der Waals surface area contributed by atoms with Gasteiger partial charge in [0, 0.05) is 24.4 Å². The third-order valence-electron chi connectivity index (χ3n) is 3.32. The number of halogens is 1. The standard InChI is InChI=1S/C19H22ClO2P.Li/c1-12-7-6-8-15(20)17(12)18(21)23-16-10-9-14(11-13(16)2)22-19(3,4)5;/h6-11,23H,1-5H3;. The van der Waals surface area contributed by atoms with Crippen molar-refractivity contribution in [1.82, 2.24) is 0 Å². The van der Waals surface area contributed by atoms with E-state index in [2.05, 4.69) is 0 Å². The molecule has 0 aliphatic carbocycles. The normalized spacial score (nSPS) is 11.4. The molecule has 0 aliphatic rings. The van der Waals surface area contributed by atoms with E-state index in [0.29, 0.717) is 10.6 Å². The second-order valence-electron chi connectivity index (χ2n) is 6.58. The minimum absolute atomic E-state index is 0. The van der Waals surface area contributed by atoms with Crippen LogP contribution in [0.2, 0.25) is 5.02 Å². The van der Waals surface area contributed by atoms with Crippen LogP contribution in [0.3, 0.4) is 0 Å². The Kier molecular flexibility index (Phi) is 7.58. The van der Waals surface area contributed by atoms with Gasteiger partial charge in [0.05, 0.1) is 5.02 Å². The second kappa shape index (κ2) is 8.55. The largest absolute Gasteiger partial charge is 0.488 e. The molecule has 24 heavy (non-hydrogen) atoms. The number of benzene rings is 2. The molecule has 1 radical (unpaired) electrons. The van der Waals surface area contributed by atoms with Gasteiger partial charge in [0.15, 0.2) is 5.52 Å². The van der Waals surface area contributed by atoms with Crippen LogP contribution in [0, 0.1) is 13.8 Å². The minimum atomic E-state index is -0.235. The van der Waals surface area contributed by atoms with Crippen LogP contribution in [0.1, 0.15) is 42.3 Å². The Bertz CT molecular complexity index is 718. The van der Waals surface area contributed by atoms with E-state index in [4.69, 9.17) is 16.3 Å². The molecule has 0 fully saturated rings. The number of aryl methyl sites for hydroxylation is 2. The van der Waals surface area contributed by atoms with Crippen molar-refractivity contribution in [3.8, 4) is 5.75 Å². The molecular weight excluding hydrogens is 334 g/mol. The van der Waals surface area contributed by atoms with Gasteiger partial charge < -0.3 is 4.74 Å². The molecule has 0 aromatic heterocycles. The van der Waals surface area contributed by atoms with Crippen molar-refractivity contribution in [2.75, 3.05) is 0 Å². The van der Waals surface area contributed by atoms with Crippen LogP contribution in [0.15, 0.2) is 36.4 Å². The molecule has 2 nitrogen and oxygen atoms in total. The Hall–Kier alpha value is -0.773. The van der Waals surface area contributed by atoms with Gasteiger partial charge in [0.1, 0.15) is 11.4 Å². The van der Waals surface area contributed by atoms with Gasteiger partial charge in [0.25, 0.3) is 0 Å². The number of ether oxygens (including phenoxy) is 1. The molecule has 2 aromatic rings. The second-order valence-corrected chi connectivity index (χ2v) is 8.23. The Labute approximate surface area is 163 Å². The minimum Gasteiger partial charge on any atom is -0.488 e. The number of hydrogen-bond donors (Lipinski definition) is 0. The smallest absolute Gasteiger partial charge is 0.187 e. The van der Waals surface area contributed by atoms with E-state index in [1.165, 1.54) is 0 Å². The molecular formula is C19H22ClLiO2P. The van der Waals surface area contributed by atoms with E-state index in [0.717, 1.165) is 22.2 Å². The van der Waals surface area contributed by atoms with Crippen LogP contribution in [0.25, 0.3) is 0 Å². The molecule has 0 saturated carbocycles. The molecule has 5 heteroatoms. The predicted octanol–water partition coefficient (Wildman–Crippen LogP) is 4.90. The first-order valence-electron chi connectivity index (χ1n) is 7.53. The first-order chi connectivity index (χ1) is 10.7. The van der Waals surface area contributed by atoms with Gasteiger partial charge in [-0.2, -0.15) is 0 Å². The predicted molar refractivity (Wildman–Crippen MR) is 106 cm³/mol. The fraction of sp³-hybridized carbons (Fsp3) is 0.316. The maximum atomic E-state index is 12.6. The van der Waals surface area contributed by atoms with Crippen LogP contribution in [-0.2, 0) is 0 Å². The summed E-state index contributed by atoms with van der Waals surface area (Å²) in [5, 5.41) is 1.54. The van der Waals surface area contributed by atoms with Crippen LogP contribution in [-0.4, -0.2) is 30.0 Å². The van der Waals surface area contributed by atoms with Crippen LogP contribution in [0.4, 0.5) is 0 Å². The summed E-state index contributed by atoms with van der Waals surface area (Å²) in [6, 6.07) is 11.4. The fourth-order valence-electron chi connectivity index (χ4n) is 2.30. The van der Waals surface area contributed by atoms with Crippen molar-refractivity contribution in [1.29, 1.82) is 0 Å². The van der Waals surface area contributed by atoms with E-state index in [-0.39, 0.29) is 38.6 Å². The Balaban J connectivity index is 0.00000288. The topological polar surface area (TPSA) is 26.3 Å². The molecule has 0 N–H and O–H groups in total. The summed E-state index contributed by atoms with van der Waals surface area (Å²) < 4.78 is 5.86. The SMILES string of the molecule is Cc1cc(OC(C)(C)C)ccc1PC(=O)c1c(C)cccc1Cl.[Li]. The van der Waals surface area contributed by atoms with Gasteiger partial charge >= 0.3 is 0 Å². The van der Waals surface area contributed by atoms with Gasteiger partial charge in [-0.3, -0.25) is 4.79 Å². The van der Waals surface area contributed by atoms with Gasteiger partial charge in [-0.15, -0.1) is 0 Å². The van der Waals surface area contributed by atoms with E-state index in [1.54, 1.807) is 6.07 Å². The van der Waals surface area contributed by atoms with E-state index in [9.17, 15) is 4.79 Å². The summed E-state index contributed by atoms with van der Waals surface area (Å²) in [7, 11) is 0.0528. The first-order valence-corrected chi connectivity index (χ1v) is 8.91. The Morgan fingerprint density at radius 1 is 1.08 bits per heavy atom. The zero-order valence-corrected chi connectivity index (χ0v) is 16.9. The zero-order valence-electron chi connectivity index (χ0n) is 15.2. The van der Waals surface area contributed by atoms with Gasteiger partial charge in [-0.1, -0.05) is 29.8 Å². The van der Waals surface area contributed by atoms with E-state index in [1.807, 2.05) is 65.0 Å². The molecule has 0 bridgehead atoms. The van der Waals surface area contributed by atoms with Gasteiger partial charge in [0.2, 0.25) is 0 Å². The molecule has 0 saturated heterocycles. The summed E-state index contributed by atoms with van der Waals surface area (Å²) in [6.45, 7) is 9.96. The summed E-state index contributed by atoms with van der Waals surface area (Å²) >= 11 is 6.19. The fourth-order valence-corrected chi connectivity index (χ4v) is 3.82. The quantitative estimate of drug-likeness (QED) is 0.576. The molecule has 0 aliphatic heterocycles. The maximum absolute atomic E-state index is 12.6. The van der Waals surface area contributed by atoms with Crippen LogP contribution < -0.4 is 10.0 Å². The zero-order chi connectivity index (χ0) is 17.2. The monoisotopic (exact) mass is 355 g/mol. The molecule has 123 valence electrons.